The zero-order valence-electron chi connectivity index (χ0n) is 16.2. The summed E-state index contributed by atoms with van der Waals surface area (Å²) in [7, 11) is 0. The maximum absolute atomic E-state index is 10.0. The summed E-state index contributed by atoms with van der Waals surface area (Å²) in [6.45, 7) is 6.94. The summed E-state index contributed by atoms with van der Waals surface area (Å²) in [6.07, 6.45) is 6.01. The molecule has 148 valence electrons. The zero-order chi connectivity index (χ0) is 20.3. The van der Waals surface area contributed by atoms with E-state index in [1.165, 1.54) is 16.7 Å². The molecular formula is C22H24Cl2N2OS. The van der Waals surface area contributed by atoms with Crippen LogP contribution in [0.15, 0.2) is 58.8 Å². The van der Waals surface area contributed by atoms with E-state index in [0.717, 1.165) is 16.5 Å². The number of aliphatic hydroxyl groups is 1. The predicted molar refractivity (Wildman–Crippen MR) is 118 cm³/mol. The van der Waals surface area contributed by atoms with Gasteiger partial charge in [0.05, 0.1) is 11.1 Å². The molecular weight excluding hydrogens is 411 g/mol. The number of pyridine rings is 1. The molecule has 3 nitrogen and oxygen atoms in total. The van der Waals surface area contributed by atoms with Gasteiger partial charge >= 0.3 is 0 Å². The minimum absolute atomic E-state index is 0.324. The summed E-state index contributed by atoms with van der Waals surface area (Å²) in [4.78, 5) is 5.11. The topological polar surface area (TPSA) is 38.0 Å². The summed E-state index contributed by atoms with van der Waals surface area (Å²) >= 11 is 14.1. The van der Waals surface area contributed by atoms with Crippen molar-refractivity contribution in [1.82, 2.24) is 9.55 Å². The minimum atomic E-state index is -0.396. The lowest BCUT2D eigenvalue weighted by Crippen LogP contribution is -2.06. The Hall–Kier alpha value is -1.46. The monoisotopic (exact) mass is 434 g/mol. The molecule has 6 heteroatoms. The minimum Gasteiger partial charge on any atom is -0.393 e. The second-order valence-electron chi connectivity index (χ2n) is 7.27. The Bertz CT molecular complexity index is 919. The molecule has 3 rings (SSSR count). The Labute approximate surface area is 180 Å². The molecule has 0 saturated heterocycles. The van der Waals surface area contributed by atoms with E-state index >= 15 is 0 Å². The number of hydrogen-bond donors (Lipinski definition) is 1. The van der Waals surface area contributed by atoms with Crippen molar-refractivity contribution in [2.75, 3.05) is 0 Å². The van der Waals surface area contributed by atoms with Crippen LogP contribution in [0.5, 0.6) is 0 Å². The SMILES string of the molecule is CC(O)Cc1cn(Cc2ccncc2)c(Sc2cc(Cl)cc(Cl)c2)c1C(C)C. The van der Waals surface area contributed by atoms with Crippen molar-refractivity contribution in [3.8, 4) is 0 Å². The summed E-state index contributed by atoms with van der Waals surface area (Å²) < 4.78 is 2.25. The van der Waals surface area contributed by atoms with Gasteiger partial charge in [0, 0.05) is 40.1 Å². The van der Waals surface area contributed by atoms with Crippen molar-refractivity contribution < 1.29 is 5.11 Å². The fourth-order valence-corrected chi connectivity index (χ4v) is 5.28. The highest BCUT2D eigenvalue weighted by atomic mass is 35.5. The normalized spacial score (nSPS) is 12.5. The van der Waals surface area contributed by atoms with Crippen LogP contribution in [-0.2, 0) is 13.0 Å². The highest BCUT2D eigenvalue weighted by Crippen LogP contribution is 2.40. The number of hydrogen-bond acceptors (Lipinski definition) is 3. The van der Waals surface area contributed by atoms with Crippen LogP contribution in [0.25, 0.3) is 0 Å². The quantitative estimate of drug-likeness (QED) is 0.464. The Morgan fingerprint density at radius 3 is 2.29 bits per heavy atom. The van der Waals surface area contributed by atoms with E-state index in [1.54, 1.807) is 17.8 Å². The van der Waals surface area contributed by atoms with Gasteiger partial charge in [-0.3, -0.25) is 4.98 Å². The molecule has 1 unspecified atom stereocenters. The Morgan fingerprint density at radius 2 is 1.71 bits per heavy atom. The van der Waals surface area contributed by atoms with Crippen LogP contribution < -0.4 is 0 Å². The van der Waals surface area contributed by atoms with E-state index in [2.05, 4.69) is 29.6 Å². The molecule has 0 fully saturated rings. The first-order valence-electron chi connectivity index (χ1n) is 9.26. The van der Waals surface area contributed by atoms with Crippen LogP contribution in [0, 0.1) is 0 Å². The molecule has 3 aromatic rings. The second-order valence-corrected chi connectivity index (χ2v) is 9.21. The lowest BCUT2D eigenvalue weighted by Gasteiger charge is -2.15. The average molecular weight is 435 g/mol. The van der Waals surface area contributed by atoms with Gasteiger partial charge in [0.25, 0.3) is 0 Å². The molecule has 0 spiro atoms. The van der Waals surface area contributed by atoms with Crippen molar-refractivity contribution in [2.24, 2.45) is 0 Å². The molecule has 0 radical (unpaired) electrons. The van der Waals surface area contributed by atoms with Crippen molar-refractivity contribution in [3.63, 3.8) is 0 Å². The smallest absolute Gasteiger partial charge is 0.0837 e. The number of aliphatic hydroxyl groups excluding tert-OH is 1. The number of rotatable bonds is 7. The lowest BCUT2D eigenvalue weighted by molar-refractivity contribution is 0.195. The molecule has 1 aromatic carbocycles. The Morgan fingerprint density at radius 1 is 1.07 bits per heavy atom. The second kappa shape index (κ2) is 9.36. The molecule has 0 amide bonds. The third-order valence-corrected chi connectivity index (χ3v) is 5.95. The fraction of sp³-hybridized carbons (Fsp3) is 0.318. The van der Waals surface area contributed by atoms with Crippen LogP contribution >= 0.6 is 35.0 Å². The van der Waals surface area contributed by atoms with Crippen LogP contribution in [0.4, 0.5) is 0 Å². The molecule has 0 aliphatic carbocycles. The van der Waals surface area contributed by atoms with Crippen molar-refractivity contribution in [3.05, 3.63) is 75.7 Å². The number of nitrogens with zero attached hydrogens (tertiary/aromatic N) is 2. The Balaban J connectivity index is 2.08. The molecule has 28 heavy (non-hydrogen) atoms. The highest BCUT2D eigenvalue weighted by molar-refractivity contribution is 7.99. The molecule has 1 atom stereocenters. The third-order valence-electron chi connectivity index (χ3n) is 4.39. The maximum Gasteiger partial charge on any atom is 0.0837 e. The standard InChI is InChI=1S/C22H24Cl2N2OS/c1-14(2)21-17(8-15(3)27)13-26(12-16-4-6-25-7-5-16)22(21)28-20-10-18(23)9-19(24)11-20/h4-7,9-11,13-15,27H,8,12H2,1-3H3. The molecule has 0 aliphatic heterocycles. The first-order chi connectivity index (χ1) is 13.3. The number of halogens is 2. The first kappa shape index (κ1) is 21.3. The van der Waals surface area contributed by atoms with Crippen molar-refractivity contribution in [1.29, 1.82) is 0 Å². The van der Waals surface area contributed by atoms with Gasteiger partial charge in [-0.15, -0.1) is 0 Å². The largest absolute Gasteiger partial charge is 0.393 e. The highest BCUT2D eigenvalue weighted by Gasteiger charge is 2.21. The van der Waals surface area contributed by atoms with E-state index in [1.807, 2.05) is 43.6 Å². The third kappa shape index (κ3) is 5.32. The average Bonchev–Trinajstić information content (AvgIpc) is 2.91. The van der Waals surface area contributed by atoms with Crippen LogP contribution in [0.3, 0.4) is 0 Å². The van der Waals surface area contributed by atoms with Gasteiger partial charge in [0.2, 0.25) is 0 Å². The van der Waals surface area contributed by atoms with Crippen LogP contribution in [0.1, 0.15) is 43.4 Å². The molecule has 0 aliphatic rings. The van der Waals surface area contributed by atoms with Crippen LogP contribution in [0.2, 0.25) is 10.0 Å². The molecule has 2 aromatic heterocycles. The summed E-state index contributed by atoms with van der Waals surface area (Å²) in [6, 6.07) is 9.65. The van der Waals surface area contributed by atoms with Gasteiger partial charge in [-0.05, 0) is 66.3 Å². The molecule has 1 N–H and O–H groups in total. The zero-order valence-corrected chi connectivity index (χ0v) is 18.5. The maximum atomic E-state index is 10.0. The lowest BCUT2D eigenvalue weighted by atomic mass is 9.99. The van der Waals surface area contributed by atoms with Crippen LogP contribution in [-0.4, -0.2) is 20.8 Å². The van der Waals surface area contributed by atoms with Gasteiger partial charge in [-0.25, -0.2) is 0 Å². The van der Waals surface area contributed by atoms with E-state index in [0.29, 0.717) is 22.4 Å². The van der Waals surface area contributed by atoms with Gasteiger partial charge in [0.1, 0.15) is 0 Å². The van der Waals surface area contributed by atoms with E-state index in [-0.39, 0.29) is 0 Å². The predicted octanol–water partition coefficient (Wildman–Crippen LogP) is 6.44. The fourth-order valence-electron chi connectivity index (χ4n) is 3.32. The summed E-state index contributed by atoms with van der Waals surface area (Å²) in [5, 5.41) is 12.4. The van der Waals surface area contributed by atoms with Crippen molar-refractivity contribution >= 4 is 35.0 Å². The summed E-state index contributed by atoms with van der Waals surface area (Å²) in [5.74, 6) is 0.324. The van der Waals surface area contributed by atoms with E-state index in [4.69, 9.17) is 23.2 Å². The van der Waals surface area contributed by atoms with Gasteiger partial charge in [0.15, 0.2) is 0 Å². The van der Waals surface area contributed by atoms with Gasteiger partial charge in [-0.2, -0.15) is 0 Å². The van der Waals surface area contributed by atoms with Gasteiger partial charge < -0.3 is 9.67 Å². The number of benzene rings is 1. The van der Waals surface area contributed by atoms with E-state index in [9.17, 15) is 5.11 Å². The van der Waals surface area contributed by atoms with Crippen molar-refractivity contribution in [2.45, 2.75) is 55.7 Å². The summed E-state index contributed by atoms with van der Waals surface area (Å²) in [5.41, 5.74) is 3.61. The van der Waals surface area contributed by atoms with Gasteiger partial charge in [-0.1, -0.05) is 48.8 Å². The first-order valence-corrected chi connectivity index (χ1v) is 10.8. The molecule has 2 heterocycles. The molecule has 0 saturated carbocycles. The molecule has 0 bridgehead atoms. The van der Waals surface area contributed by atoms with E-state index < -0.39 is 6.10 Å². The number of aromatic nitrogens is 2. The Kier molecular flexibility index (Phi) is 7.10.